The van der Waals surface area contributed by atoms with E-state index in [2.05, 4.69) is 26.1 Å². The van der Waals surface area contributed by atoms with Crippen molar-refractivity contribution in [2.45, 2.75) is 12.5 Å². The average Bonchev–Trinajstić information content (AvgIpc) is 2.40. The number of halogens is 2. The molecule has 0 amide bonds. The SMILES string of the molecule is OCC[C@H](c1cc(Br)ccc1F)N1CCNCC1. The Balaban J connectivity index is 2.24. The molecule has 0 spiro atoms. The third kappa shape index (κ3) is 3.29. The minimum Gasteiger partial charge on any atom is -0.396 e. The van der Waals surface area contributed by atoms with Crippen LogP contribution in [0.1, 0.15) is 18.0 Å². The van der Waals surface area contributed by atoms with E-state index in [-0.39, 0.29) is 18.5 Å². The van der Waals surface area contributed by atoms with Gasteiger partial charge in [0.2, 0.25) is 0 Å². The molecular formula is C13H18BrFN2O. The van der Waals surface area contributed by atoms with E-state index in [1.165, 1.54) is 6.07 Å². The number of nitrogens with zero attached hydrogens (tertiary/aromatic N) is 1. The number of aliphatic hydroxyl groups is 1. The molecule has 0 aliphatic carbocycles. The predicted octanol–water partition coefficient (Wildman–Crippen LogP) is 1.92. The number of nitrogens with one attached hydrogen (secondary N) is 1. The summed E-state index contributed by atoms with van der Waals surface area (Å²) >= 11 is 3.38. The third-order valence-electron chi connectivity index (χ3n) is 3.31. The van der Waals surface area contributed by atoms with E-state index in [9.17, 15) is 9.50 Å². The van der Waals surface area contributed by atoms with E-state index in [0.717, 1.165) is 30.7 Å². The zero-order valence-corrected chi connectivity index (χ0v) is 11.8. The fourth-order valence-electron chi connectivity index (χ4n) is 2.42. The molecule has 0 radical (unpaired) electrons. The van der Waals surface area contributed by atoms with Crippen molar-refractivity contribution in [1.82, 2.24) is 10.2 Å². The summed E-state index contributed by atoms with van der Waals surface area (Å²) in [4.78, 5) is 2.23. The quantitative estimate of drug-likeness (QED) is 0.891. The molecule has 5 heteroatoms. The first-order valence-corrected chi connectivity index (χ1v) is 7.02. The lowest BCUT2D eigenvalue weighted by atomic mass is 10.0. The third-order valence-corrected chi connectivity index (χ3v) is 3.81. The molecule has 1 aliphatic rings. The molecule has 2 N–H and O–H groups in total. The second-order valence-electron chi connectivity index (χ2n) is 4.48. The zero-order chi connectivity index (χ0) is 13.0. The smallest absolute Gasteiger partial charge is 0.128 e. The number of rotatable bonds is 4. The Bertz CT molecular complexity index is 397. The maximum Gasteiger partial charge on any atom is 0.128 e. The van der Waals surface area contributed by atoms with Crippen molar-refractivity contribution in [1.29, 1.82) is 0 Å². The predicted molar refractivity (Wildman–Crippen MR) is 73.0 cm³/mol. The Hall–Kier alpha value is -0.490. The fraction of sp³-hybridized carbons (Fsp3) is 0.538. The summed E-state index contributed by atoms with van der Waals surface area (Å²) in [5.41, 5.74) is 0.667. The second kappa shape index (κ2) is 6.61. The van der Waals surface area contributed by atoms with Crippen molar-refractivity contribution in [2.75, 3.05) is 32.8 Å². The maximum atomic E-state index is 14.0. The summed E-state index contributed by atoms with van der Waals surface area (Å²) < 4.78 is 14.8. The lowest BCUT2D eigenvalue weighted by molar-refractivity contribution is 0.138. The monoisotopic (exact) mass is 316 g/mol. The van der Waals surface area contributed by atoms with Gasteiger partial charge in [-0.1, -0.05) is 15.9 Å². The van der Waals surface area contributed by atoms with Gasteiger partial charge in [0.15, 0.2) is 0 Å². The van der Waals surface area contributed by atoms with E-state index in [4.69, 9.17) is 0 Å². The van der Waals surface area contributed by atoms with Gasteiger partial charge < -0.3 is 10.4 Å². The van der Waals surface area contributed by atoms with Gasteiger partial charge in [-0.2, -0.15) is 0 Å². The van der Waals surface area contributed by atoms with Crippen LogP contribution in [-0.4, -0.2) is 42.8 Å². The first-order chi connectivity index (χ1) is 8.72. The molecule has 0 bridgehead atoms. The Kier molecular flexibility index (Phi) is 5.12. The highest BCUT2D eigenvalue weighted by atomic mass is 79.9. The molecule has 1 aromatic rings. The van der Waals surface area contributed by atoms with Crippen LogP contribution in [0, 0.1) is 5.82 Å². The van der Waals surface area contributed by atoms with Gasteiger partial charge >= 0.3 is 0 Å². The largest absolute Gasteiger partial charge is 0.396 e. The van der Waals surface area contributed by atoms with Crippen molar-refractivity contribution in [3.05, 3.63) is 34.1 Å². The van der Waals surface area contributed by atoms with E-state index < -0.39 is 0 Å². The van der Waals surface area contributed by atoms with E-state index in [1.807, 2.05) is 6.07 Å². The molecule has 1 saturated heterocycles. The van der Waals surface area contributed by atoms with Crippen LogP contribution in [0.5, 0.6) is 0 Å². The Morgan fingerprint density at radius 1 is 1.39 bits per heavy atom. The lowest BCUT2D eigenvalue weighted by Gasteiger charge is -2.35. The minimum atomic E-state index is -0.199. The molecule has 1 heterocycles. The van der Waals surface area contributed by atoms with Crippen LogP contribution in [0.25, 0.3) is 0 Å². The number of benzene rings is 1. The summed E-state index contributed by atoms with van der Waals surface area (Å²) in [5, 5.41) is 12.5. The highest BCUT2D eigenvalue weighted by Crippen LogP contribution is 2.29. The number of hydrogen-bond donors (Lipinski definition) is 2. The molecule has 1 aliphatic heterocycles. The zero-order valence-electron chi connectivity index (χ0n) is 10.2. The number of aliphatic hydroxyl groups excluding tert-OH is 1. The average molecular weight is 317 g/mol. The molecule has 1 atom stereocenters. The Labute approximate surface area is 115 Å². The van der Waals surface area contributed by atoms with Gasteiger partial charge in [0.05, 0.1) is 0 Å². The topological polar surface area (TPSA) is 35.5 Å². The molecule has 0 aromatic heterocycles. The molecular weight excluding hydrogens is 299 g/mol. The van der Waals surface area contributed by atoms with Crippen LogP contribution in [0.2, 0.25) is 0 Å². The van der Waals surface area contributed by atoms with Crippen molar-refractivity contribution >= 4 is 15.9 Å². The van der Waals surface area contributed by atoms with Gasteiger partial charge in [-0.05, 0) is 24.6 Å². The first-order valence-electron chi connectivity index (χ1n) is 6.23. The summed E-state index contributed by atoms with van der Waals surface area (Å²) in [6.45, 7) is 3.67. The van der Waals surface area contributed by atoms with Gasteiger partial charge in [-0.25, -0.2) is 4.39 Å². The van der Waals surface area contributed by atoms with Gasteiger partial charge in [0.1, 0.15) is 5.82 Å². The molecule has 3 nitrogen and oxygen atoms in total. The van der Waals surface area contributed by atoms with Crippen molar-refractivity contribution in [3.63, 3.8) is 0 Å². The highest BCUT2D eigenvalue weighted by molar-refractivity contribution is 9.10. The van der Waals surface area contributed by atoms with Crippen LogP contribution in [0.4, 0.5) is 4.39 Å². The summed E-state index contributed by atoms with van der Waals surface area (Å²) in [6, 6.07) is 4.95. The fourth-order valence-corrected chi connectivity index (χ4v) is 2.80. The second-order valence-corrected chi connectivity index (χ2v) is 5.40. The molecule has 18 heavy (non-hydrogen) atoms. The summed E-state index contributed by atoms with van der Waals surface area (Å²) in [7, 11) is 0. The van der Waals surface area contributed by atoms with Crippen LogP contribution in [0.3, 0.4) is 0 Å². The molecule has 0 unspecified atom stereocenters. The molecule has 1 aromatic carbocycles. The van der Waals surface area contributed by atoms with E-state index in [1.54, 1.807) is 6.07 Å². The van der Waals surface area contributed by atoms with Gasteiger partial charge in [-0.15, -0.1) is 0 Å². The van der Waals surface area contributed by atoms with Crippen LogP contribution >= 0.6 is 15.9 Å². The molecule has 2 rings (SSSR count). The van der Waals surface area contributed by atoms with Gasteiger partial charge in [-0.3, -0.25) is 4.90 Å². The number of piperazine rings is 1. The molecule has 0 saturated carbocycles. The number of hydrogen-bond acceptors (Lipinski definition) is 3. The van der Waals surface area contributed by atoms with Crippen LogP contribution in [0.15, 0.2) is 22.7 Å². The molecule has 100 valence electrons. The van der Waals surface area contributed by atoms with Crippen LogP contribution < -0.4 is 5.32 Å². The maximum absolute atomic E-state index is 14.0. The van der Waals surface area contributed by atoms with Crippen molar-refractivity contribution < 1.29 is 9.50 Å². The van der Waals surface area contributed by atoms with Gasteiger partial charge in [0.25, 0.3) is 0 Å². The summed E-state index contributed by atoms with van der Waals surface area (Å²) in [5.74, 6) is -0.199. The highest BCUT2D eigenvalue weighted by Gasteiger charge is 2.24. The van der Waals surface area contributed by atoms with E-state index >= 15 is 0 Å². The standard InChI is InChI=1S/C13H18BrFN2O/c14-10-1-2-12(15)11(9-10)13(3-8-18)17-6-4-16-5-7-17/h1-2,9,13,16,18H,3-8H2/t13-/m1/s1. The van der Waals surface area contributed by atoms with Crippen molar-refractivity contribution in [3.8, 4) is 0 Å². The Morgan fingerprint density at radius 2 is 2.11 bits per heavy atom. The minimum absolute atomic E-state index is 0.0467. The van der Waals surface area contributed by atoms with Gasteiger partial charge in [0, 0.05) is 48.9 Å². The lowest BCUT2D eigenvalue weighted by Crippen LogP contribution is -2.45. The van der Waals surface area contributed by atoms with E-state index in [0.29, 0.717) is 12.0 Å². The Morgan fingerprint density at radius 3 is 2.78 bits per heavy atom. The molecule has 1 fully saturated rings. The van der Waals surface area contributed by atoms with Crippen molar-refractivity contribution in [2.24, 2.45) is 0 Å². The van der Waals surface area contributed by atoms with Crippen LogP contribution in [-0.2, 0) is 0 Å². The first kappa shape index (κ1) is 13.9. The summed E-state index contributed by atoms with van der Waals surface area (Å²) in [6.07, 6.45) is 0.563. The normalized spacial score (nSPS) is 18.8.